The van der Waals surface area contributed by atoms with Gasteiger partial charge >= 0.3 is 5.97 Å². The normalized spacial score (nSPS) is 11.6. The number of anilines is 2. The second-order valence-electron chi connectivity index (χ2n) is 7.17. The molecule has 0 aliphatic heterocycles. The lowest BCUT2D eigenvalue weighted by molar-refractivity contribution is -0.136. The van der Waals surface area contributed by atoms with Crippen molar-refractivity contribution < 1.29 is 22.7 Å². The first-order chi connectivity index (χ1) is 15.2. The number of nitrogens with zero attached hydrogens (tertiary/aromatic N) is 4. The lowest BCUT2D eigenvalue weighted by atomic mass is 10.1. The predicted octanol–water partition coefficient (Wildman–Crippen LogP) is 3.51. The number of fused-ring (bicyclic) bond motifs is 1. The van der Waals surface area contributed by atoms with E-state index in [0.29, 0.717) is 11.6 Å². The Hall–Kier alpha value is -3.79. The van der Waals surface area contributed by atoms with Gasteiger partial charge in [0.15, 0.2) is 0 Å². The zero-order valence-corrected chi connectivity index (χ0v) is 18.0. The molecule has 0 radical (unpaired) electrons. The molecule has 0 fully saturated rings. The van der Waals surface area contributed by atoms with Gasteiger partial charge in [-0.25, -0.2) is 26.7 Å². The Morgan fingerprint density at radius 1 is 1.12 bits per heavy atom. The molecule has 1 N–H and O–H groups in total. The Morgan fingerprint density at radius 3 is 2.41 bits per heavy atom. The van der Waals surface area contributed by atoms with E-state index in [0.717, 1.165) is 16.1 Å². The molecule has 0 spiro atoms. The van der Waals surface area contributed by atoms with Gasteiger partial charge in [0, 0.05) is 36.2 Å². The molecule has 8 nitrogen and oxygen atoms in total. The minimum absolute atomic E-state index is 0.00910. The summed E-state index contributed by atoms with van der Waals surface area (Å²) in [7, 11) is -2.32. The molecule has 0 saturated carbocycles. The summed E-state index contributed by atoms with van der Waals surface area (Å²) < 4.78 is 41.9. The molecule has 2 aromatic carbocycles. The van der Waals surface area contributed by atoms with Crippen LogP contribution in [-0.4, -0.2) is 40.5 Å². The molecule has 0 aliphatic rings. The second kappa shape index (κ2) is 8.04. The van der Waals surface area contributed by atoms with Crippen molar-refractivity contribution in [3.63, 3.8) is 0 Å². The molecule has 10 heteroatoms. The first-order valence-electron chi connectivity index (χ1n) is 9.58. The fraction of sp³-hybridized carbons (Fsp3) is 0.136. The van der Waals surface area contributed by atoms with Crippen LogP contribution in [0.2, 0.25) is 0 Å². The summed E-state index contributed by atoms with van der Waals surface area (Å²) in [6.45, 7) is 1.52. The number of carboxylic acids is 1. The lowest BCUT2D eigenvalue weighted by Crippen LogP contribution is -2.16. The molecule has 2 heterocycles. The van der Waals surface area contributed by atoms with E-state index < -0.39 is 28.2 Å². The minimum atomic E-state index is -4.08. The maximum Gasteiger partial charge on any atom is 0.307 e. The van der Waals surface area contributed by atoms with Crippen molar-refractivity contribution in [2.24, 2.45) is 0 Å². The molecule has 4 rings (SSSR count). The number of carboxylic acid groups (broad SMARTS) is 1. The van der Waals surface area contributed by atoms with Crippen LogP contribution < -0.4 is 4.90 Å². The van der Waals surface area contributed by atoms with Crippen LogP contribution in [0.25, 0.3) is 10.9 Å². The van der Waals surface area contributed by atoms with E-state index in [9.17, 15) is 22.7 Å². The number of halogens is 1. The number of hydrogen-bond donors (Lipinski definition) is 1. The fourth-order valence-corrected chi connectivity index (χ4v) is 5.22. The largest absolute Gasteiger partial charge is 0.481 e. The standard InChI is InChI=1S/C22H19FN4O4S/c1-14-18(13-21(28)29)19-12-15(23)4-9-20(19)27(14)32(30,31)17-7-5-16(6-8-17)26(2)22-24-10-3-11-25-22/h3-12H,13H2,1-2H3,(H,28,29). The molecule has 0 aliphatic carbocycles. The van der Waals surface area contributed by atoms with Crippen molar-refractivity contribution in [3.8, 4) is 0 Å². The van der Waals surface area contributed by atoms with Gasteiger partial charge in [-0.1, -0.05) is 0 Å². The average molecular weight is 454 g/mol. The van der Waals surface area contributed by atoms with Crippen LogP contribution in [0.15, 0.2) is 65.8 Å². The minimum Gasteiger partial charge on any atom is -0.481 e. The molecule has 164 valence electrons. The third-order valence-corrected chi connectivity index (χ3v) is 7.01. The van der Waals surface area contributed by atoms with Crippen molar-refractivity contribution in [2.75, 3.05) is 11.9 Å². The Balaban J connectivity index is 1.80. The molecular formula is C22H19FN4O4S. The van der Waals surface area contributed by atoms with Crippen molar-refractivity contribution in [3.05, 3.63) is 78.0 Å². The molecule has 0 unspecified atom stereocenters. The van der Waals surface area contributed by atoms with Gasteiger partial charge in [-0.15, -0.1) is 0 Å². The van der Waals surface area contributed by atoms with Gasteiger partial charge in [0.1, 0.15) is 5.82 Å². The number of carbonyl (C=O) groups is 1. The second-order valence-corrected chi connectivity index (χ2v) is 8.95. The maximum absolute atomic E-state index is 13.9. The zero-order chi connectivity index (χ0) is 23.0. The molecule has 32 heavy (non-hydrogen) atoms. The quantitative estimate of drug-likeness (QED) is 0.475. The zero-order valence-electron chi connectivity index (χ0n) is 17.2. The fourth-order valence-electron chi connectivity index (χ4n) is 3.64. The van der Waals surface area contributed by atoms with Gasteiger partial charge in [0.2, 0.25) is 5.95 Å². The highest BCUT2D eigenvalue weighted by molar-refractivity contribution is 7.90. The molecule has 4 aromatic rings. The summed E-state index contributed by atoms with van der Waals surface area (Å²) in [4.78, 5) is 21.4. The van der Waals surface area contributed by atoms with Gasteiger partial charge < -0.3 is 10.0 Å². The summed E-state index contributed by atoms with van der Waals surface area (Å²) in [5, 5.41) is 9.51. The van der Waals surface area contributed by atoms with Crippen LogP contribution in [0.5, 0.6) is 0 Å². The van der Waals surface area contributed by atoms with Gasteiger partial charge in [0.05, 0.1) is 16.8 Å². The summed E-state index contributed by atoms with van der Waals surface area (Å²) in [6, 6.07) is 11.5. The van der Waals surface area contributed by atoms with Crippen molar-refractivity contribution in [1.29, 1.82) is 0 Å². The van der Waals surface area contributed by atoms with Crippen LogP contribution in [0, 0.1) is 12.7 Å². The maximum atomic E-state index is 13.9. The number of hydrogen-bond acceptors (Lipinski definition) is 6. The van der Waals surface area contributed by atoms with E-state index in [1.165, 1.54) is 25.1 Å². The third kappa shape index (κ3) is 3.69. The van der Waals surface area contributed by atoms with Crippen molar-refractivity contribution in [2.45, 2.75) is 18.2 Å². The number of benzene rings is 2. The first kappa shape index (κ1) is 21.4. The van der Waals surface area contributed by atoms with Crippen LogP contribution in [0.4, 0.5) is 16.0 Å². The first-order valence-corrected chi connectivity index (χ1v) is 11.0. The SMILES string of the molecule is Cc1c(CC(=O)O)c2cc(F)ccc2n1S(=O)(=O)c1ccc(N(C)c2ncccn2)cc1. The van der Waals surface area contributed by atoms with Crippen molar-refractivity contribution >= 4 is 38.5 Å². The molecule has 2 aromatic heterocycles. The number of aromatic nitrogens is 3. The van der Waals surface area contributed by atoms with E-state index >= 15 is 0 Å². The van der Waals surface area contributed by atoms with Crippen LogP contribution in [0.1, 0.15) is 11.3 Å². The lowest BCUT2D eigenvalue weighted by Gasteiger charge is -2.17. The van der Waals surface area contributed by atoms with E-state index in [-0.39, 0.29) is 27.1 Å². The Morgan fingerprint density at radius 2 is 1.78 bits per heavy atom. The van der Waals surface area contributed by atoms with E-state index in [2.05, 4.69) is 9.97 Å². The Kier molecular flexibility index (Phi) is 5.39. The summed E-state index contributed by atoms with van der Waals surface area (Å²) >= 11 is 0. The summed E-state index contributed by atoms with van der Waals surface area (Å²) in [5.74, 6) is -1.26. The molecule has 0 amide bonds. The third-order valence-electron chi connectivity index (χ3n) is 5.19. The van der Waals surface area contributed by atoms with Gasteiger partial charge in [-0.05, 0) is 61.0 Å². The highest BCUT2D eigenvalue weighted by Crippen LogP contribution is 2.32. The highest BCUT2D eigenvalue weighted by Gasteiger charge is 2.26. The average Bonchev–Trinajstić information content (AvgIpc) is 3.05. The molecule has 0 atom stereocenters. The molecule has 0 bridgehead atoms. The summed E-state index contributed by atoms with van der Waals surface area (Å²) in [6.07, 6.45) is 2.79. The monoisotopic (exact) mass is 454 g/mol. The van der Waals surface area contributed by atoms with Crippen LogP contribution >= 0.6 is 0 Å². The van der Waals surface area contributed by atoms with Gasteiger partial charge in [0.25, 0.3) is 10.0 Å². The van der Waals surface area contributed by atoms with Crippen LogP contribution in [0.3, 0.4) is 0 Å². The van der Waals surface area contributed by atoms with Gasteiger partial charge in [-0.3, -0.25) is 4.79 Å². The van der Waals surface area contributed by atoms with Crippen molar-refractivity contribution in [1.82, 2.24) is 13.9 Å². The van der Waals surface area contributed by atoms with E-state index in [4.69, 9.17) is 0 Å². The van der Waals surface area contributed by atoms with Gasteiger partial charge in [-0.2, -0.15) is 0 Å². The molecule has 0 saturated heterocycles. The molecular weight excluding hydrogens is 435 g/mol. The Labute approximate surface area is 183 Å². The van der Waals surface area contributed by atoms with E-state index in [1.807, 2.05) is 0 Å². The topological polar surface area (TPSA) is 105 Å². The predicted molar refractivity (Wildman–Crippen MR) is 117 cm³/mol. The smallest absolute Gasteiger partial charge is 0.307 e. The number of aliphatic carboxylic acids is 1. The summed E-state index contributed by atoms with van der Waals surface area (Å²) in [5.41, 5.74) is 1.39. The van der Waals surface area contributed by atoms with Crippen LogP contribution in [-0.2, 0) is 21.2 Å². The highest BCUT2D eigenvalue weighted by atomic mass is 32.2. The number of rotatable bonds is 6. The van der Waals surface area contributed by atoms with E-state index in [1.54, 1.807) is 42.5 Å². The Bertz CT molecular complexity index is 1420.